The standard InChI is InChI=1S/C19H25N5O2/c1-3-13-6-4-5-7-16(13)18(26)24-9-8-15(12-24)23(2)11-14-10-17(25)22-19(20)21-14/h4-7,10,15H,3,8-9,11-12H2,1-2H3,(H3,20,21,22,25)/t15-/m0/s1. The number of likely N-dealkylation sites (N-methyl/N-ethyl adjacent to an activating group) is 1. The van der Waals surface area contributed by atoms with E-state index in [1.165, 1.54) is 6.07 Å². The second-order valence-electron chi connectivity index (χ2n) is 6.74. The second kappa shape index (κ2) is 7.70. The Morgan fingerprint density at radius 3 is 2.92 bits per heavy atom. The Hall–Kier alpha value is -2.67. The van der Waals surface area contributed by atoms with Crippen LogP contribution in [0.4, 0.5) is 5.95 Å². The van der Waals surface area contributed by atoms with Crippen LogP contribution in [0, 0.1) is 0 Å². The summed E-state index contributed by atoms with van der Waals surface area (Å²) in [6, 6.07) is 9.49. The first-order valence-electron chi connectivity index (χ1n) is 8.91. The number of nitrogens with zero attached hydrogens (tertiary/aromatic N) is 3. The van der Waals surface area contributed by atoms with Gasteiger partial charge in [0.05, 0.1) is 5.69 Å². The number of aromatic amines is 1. The lowest BCUT2D eigenvalue weighted by Gasteiger charge is -2.24. The summed E-state index contributed by atoms with van der Waals surface area (Å²) >= 11 is 0. The van der Waals surface area contributed by atoms with Gasteiger partial charge in [-0.2, -0.15) is 0 Å². The number of nitrogens with one attached hydrogen (secondary N) is 1. The Labute approximate surface area is 152 Å². The highest BCUT2D eigenvalue weighted by Crippen LogP contribution is 2.20. The maximum absolute atomic E-state index is 12.9. The minimum Gasteiger partial charge on any atom is -0.369 e. The van der Waals surface area contributed by atoms with Crippen molar-refractivity contribution >= 4 is 11.9 Å². The van der Waals surface area contributed by atoms with Crippen molar-refractivity contribution in [2.45, 2.75) is 32.4 Å². The fourth-order valence-corrected chi connectivity index (χ4v) is 3.49. The van der Waals surface area contributed by atoms with Crippen LogP contribution in [-0.2, 0) is 13.0 Å². The molecule has 1 atom stereocenters. The molecule has 1 aromatic heterocycles. The summed E-state index contributed by atoms with van der Waals surface area (Å²) in [4.78, 5) is 35.1. The van der Waals surface area contributed by atoms with Crippen LogP contribution in [-0.4, -0.2) is 51.9 Å². The molecule has 1 aromatic carbocycles. The lowest BCUT2D eigenvalue weighted by atomic mass is 10.0. The highest BCUT2D eigenvalue weighted by Gasteiger charge is 2.30. The van der Waals surface area contributed by atoms with Crippen molar-refractivity contribution in [2.75, 3.05) is 25.9 Å². The van der Waals surface area contributed by atoms with Gasteiger partial charge in [-0.15, -0.1) is 0 Å². The molecule has 0 unspecified atom stereocenters. The van der Waals surface area contributed by atoms with Crippen molar-refractivity contribution in [3.63, 3.8) is 0 Å². The lowest BCUT2D eigenvalue weighted by molar-refractivity contribution is 0.0778. The summed E-state index contributed by atoms with van der Waals surface area (Å²) in [5, 5.41) is 0. The molecule has 7 heteroatoms. The summed E-state index contributed by atoms with van der Waals surface area (Å²) in [7, 11) is 1.98. The van der Waals surface area contributed by atoms with Gasteiger partial charge >= 0.3 is 0 Å². The number of carbonyl (C=O) groups excluding carboxylic acids is 1. The Morgan fingerprint density at radius 1 is 1.42 bits per heavy atom. The normalized spacial score (nSPS) is 17.0. The van der Waals surface area contributed by atoms with Crippen molar-refractivity contribution < 1.29 is 4.79 Å². The highest BCUT2D eigenvalue weighted by molar-refractivity contribution is 5.95. The lowest BCUT2D eigenvalue weighted by Crippen LogP contribution is -2.36. The third-order valence-corrected chi connectivity index (χ3v) is 4.93. The van der Waals surface area contributed by atoms with Crippen molar-refractivity contribution in [1.29, 1.82) is 0 Å². The van der Waals surface area contributed by atoms with Gasteiger partial charge in [-0.05, 0) is 31.5 Å². The van der Waals surface area contributed by atoms with E-state index in [-0.39, 0.29) is 23.5 Å². The van der Waals surface area contributed by atoms with Gasteiger partial charge < -0.3 is 10.6 Å². The Balaban J connectivity index is 1.66. The van der Waals surface area contributed by atoms with E-state index in [2.05, 4.69) is 21.8 Å². The van der Waals surface area contributed by atoms with Crippen LogP contribution in [0.25, 0.3) is 0 Å². The maximum atomic E-state index is 12.9. The number of H-pyrrole nitrogens is 1. The molecule has 1 saturated heterocycles. The molecular formula is C19H25N5O2. The third kappa shape index (κ3) is 3.94. The predicted octanol–water partition coefficient (Wildman–Crippen LogP) is 1.26. The van der Waals surface area contributed by atoms with Crippen LogP contribution >= 0.6 is 0 Å². The molecule has 2 aromatic rings. The number of amides is 1. The Morgan fingerprint density at radius 2 is 2.19 bits per heavy atom. The second-order valence-corrected chi connectivity index (χ2v) is 6.74. The smallest absolute Gasteiger partial charge is 0.254 e. The maximum Gasteiger partial charge on any atom is 0.254 e. The van der Waals surface area contributed by atoms with E-state index in [1.54, 1.807) is 0 Å². The number of anilines is 1. The van der Waals surface area contributed by atoms with Gasteiger partial charge in [-0.1, -0.05) is 25.1 Å². The Kier molecular flexibility index (Phi) is 5.37. The largest absolute Gasteiger partial charge is 0.369 e. The minimum absolute atomic E-state index is 0.0943. The molecule has 0 saturated carbocycles. The van der Waals surface area contributed by atoms with Crippen LogP contribution in [0.3, 0.4) is 0 Å². The van der Waals surface area contributed by atoms with E-state index in [9.17, 15) is 9.59 Å². The van der Waals surface area contributed by atoms with Gasteiger partial charge in [0.1, 0.15) is 0 Å². The number of rotatable bonds is 5. The zero-order valence-corrected chi connectivity index (χ0v) is 15.2. The number of benzene rings is 1. The van der Waals surface area contributed by atoms with Crippen LogP contribution < -0.4 is 11.3 Å². The summed E-state index contributed by atoms with van der Waals surface area (Å²) in [5.74, 6) is 0.220. The molecule has 2 heterocycles. The number of carbonyl (C=O) groups is 1. The average Bonchev–Trinajstić information content (AvgIpc) is 3.10. The summed E-state index contributed by atoms with van der Waals surface area (Å²) in [6.45, 7) is 3.99. The average molecular weight is 355 g/mol. The molecule has 7 nitrogen and oxygen atoms in total. The third-order valence-electron chi connectivity index (χ3n) is 4.93. The van der Waals surface area contributed by atoms with Crippen LogP contribution in [0.2, 0.25) is 0 Å². The zero-order chi connectivity index (χ0) is 18.7. The van der Waals surface area contributed by atoms with E-state index < -0.39 is 0 Å². The zero-order valence-electron chi connectivity index (χ0n) is 15.2. The van der Waals surface area contributed by atoms with Gasteiger partial charge in [0.15, 0.2) is 0 Å². The van der Waals surface area contributed by atoms with E-state index in [1.807, 2.05) is 36.2 Å². The van der Waals surface area contributed by atoms with Crippen molar-refractivity contribution in [3.05, 3.63) is 57.5 Å². The number of nitrogens with two attached hydrogens (primary N) is 1. The first kappa shape index (κ1) is 18.1. The van der Waals surface area contributed by atoms with E-state index >= 15 is 0 Å². The van der Waals surface area contributed by atoms with Crippen LogP contribution in [0.15, 0.2) is 35.1 Å². The Bertz CT molecular complexity index is 848. The molecule has 0 aliphatic carbocycles. The van der Waals surface area contributed by atoms with E-state index in [0.29, 0.717) is 18.8 Å². The molecule has 1 aliphatic rings. The number of hydrogen-bond donors (Lipinski definition) is 2. The van der Waals surface area contributed by atoms with Crippen LogP contribution in [0.1, 0.15) is 35.0 Å². The fourth-order valence-electron chi connectivity index (χ4n) is 3.49. The number of nitrogen functional groups attached to an aromatic ring is 1. The number of aromatic nitrogens is 2. The number of hydrogen-bond acceptors (Lipinski definition) is 5. The fraction of sp³-hybridized carbons (Fsp3) is 0.421. The van der Waals surface area contributed by atoms with Crippen molar-refractivity contribution in [1.82, 2.24) is 19.8 Å². The van der Waals surface area contributed by atoms with Crippen molar-refractivity contribution in [3.8, 4) is 0 Å². The molecule has 1 fully saturated rings. The van der Waals surface area contributed by atoms with E-state index in [4.69, 9.17) is 5.73 Å². The molecule has 0 spiro atoms. The summed E-state index contributed by atoms with van der Waals surface area (Å²) < 4.78 is 0. The molecule has 1 amide bonds. The predicted molar refractivity (Wildman–Crippen MR) is 101 cm³/mol. The van der Waals surface area contributed by atoms with Crippen molar-refractivity contribution in [2.24, 2.45) is 0 Å². The number of aryl methyl sites for hydroxylation is 1. The van der Waals surface area contributed by atoms with Gasteiger partial charge in [-0.3, -0.25) is 19.5 Å². The van der Waals surface area contributed by atoms with Gasteiger partial charge in [0.2, 0.25) is 5.95 Å². The minimum atomic E-state index is -0.250. The molecule has 1 aliphatic heterocycles. The molecule has 3 rings (SSSR count). The number of likely N-dealkylation sites (tertiary alicyclic amines) is 1. The van der Waals surface area contributed by atoms with E-state index in [0.717, 1.165) is 30.5 Å². The first-order chi connectivity index (χ1) is 12.5. The van der Waals surface area contributed by atoms with Gasteiger partial charge in [0, 0.05) is 37.3 Å². The molecule has 0 bridgehead atoms. The monoisotopic (exact) mass is 355 g/mol. The molecular weight excluding hydrogens is 330 g/mol. The summed E-state index contributed by atoms with van der Waals surface area (Å²) in [5.41, 5.74) is 7.86. The van der Waals surface area contributed by atoms with Gasteiger partial charge in [-0.25, -0.2) is 4.98 Å². The quantitative estimate of drug-likeness (QED) is 0.842. The SMILES string of the molecule is CCc1ccccc1C(=O)N1CC[C@H](N(C)Cc2cc(=O)[nH]c(N)n2)C1. The molecule has 26 heavy (non-hydrogen) atoms. The molecule has 138 valence electrons. The van der Waals surface area contributed by atoms with Crippen LogP contribution in [0.5, 0.6) is 0 Å². The first-order valence-corrected chi connectivity index (χ1v) is 8.91. The van der Waals surface area contributed by atoms with Gasteiger partial charge in [0.25, 0.3) is 11.5 Å². The summed E-state index contributed by atoms with van der Waals surface area (Å²) in [6.07, 6.45) is 1.74. The highest BCUT2D eigenvalue weighted by atomic mass is 16.2. The molecule has 0 radical (unpaired) electrons. The molecule has 3 N–H and O–H groups in total. The topological polar surface area (TPSA) is 95.3 Å².